The number of piperidine rings is 1. The van der Waals surface area contributed by atoms with E-state index in [1.165, 1.54) is 24.4 Å². The number of amides is 1. The quantitative estimate of drug-likeness (QED) is 0.593. The maximum absolute atomic E-state index is 13.4. The predicted molar refractivity (Wildman–Crippen MR) is 127 cm³/mol. The highest BCUT2D eigenvalue weighted by Gasteiger charge is 2.44. The second kappa shape index (κ2) is 9.42. The Bertz CT molecular complexity index is 1130. The highest BCUT2D eigenvalue weighted by atomic mass is 19.4. The summed E-state index contributed by atoms with van der Waals surface area (Å²) in [7, 11) is 0. The molecule has 5 rings (SSSR count). The van der Waals surface area contributed by atoms with Crippen LogP contribution in [0.4, 0.5) is 23.7 Å². The molecule has 1 aromatic heterocycles. The molecule has 3 saturated heterocycles. The van der Waals surface area contributed by atoms with Crippen LogP contribution in [-0.4, -0.2) is 74.9 Å². The van der Waals surface area contributed by atoms with Crippen LogP contribution in [0, 0.1) is 0 Å². The van der Waals surface area contributed by atoms with Crippen molar-refractivity contribution in [1.82, 2.24) is 19.6 Å². The zero-order valence-electron chi connectivity index (χ0n) is 20.1. The molecule has 0 aliphatic carbocycles. The van der Waals surface area contributed by atoms with E-state index in [1.807, 2.05) is 0 Å². The summed E-state index contributed by atoms with van der Waals surface area (Å²) in [4.78, 5) is 30.2. The lowest BCUT2D eigenvalue weighted by molar-refractivity contribution is -0.137. The van der Waals surface area contributed by atoms with Gasteiger partial charge in [-0.2, -0.15) is 23.0 Å². The van der Waals surface area contributed by atoms with Crippen LogP contribution in [0.5, 0.6) is 0 Å². The highest BCUT2D eigenvalue weighted by Crippen LogP contribution is 2.41. The molecule has 2 aromatic rings. The van der Waals surface area contributed by atoms with E-state index in [0.29, 0.717) is 25.3 Å². The molecule has 11 heteroatoms. The molecule has 1 spiro atoms. The van der Waals surface area contributed by atoms with E-state index in [4.69, 9.17) is 5.11 Å². The molecular weight excluding hydrogens is 475 g/mol. The topological polar surface area (TPSA) is 84.6 Å². The average molecular weight is 507 g/mol. The van der Waals surface area contributed by atoms with Crippen LogP contribution in [0.2, 0.25) is 0 Å². The van der Waals surface area contributed by atoms with E-state index in [-0.39, 0.29) is 17.3 Å². The Hall–Kier alpha value is -3.08. The maximum Gasteiger partial charge on any atom is 0.569 e. The smallest absolute Gasteiger partial charge is 0.560 e. The van der Waals surface area contributed by atoms with Gasteiger partial charge in [0.1, 0.15) is 0 Å². The van der Waals surface area contributed by atoms with Crippen LogP contribution in [0.15, 0.2) is 30.5 Å². The Labute approximate surface area is 207 Å². The van der Waals surface area contributed by atoms with E-state index in [2.05, 4.69) is 14.9 Å². The Morgan fingerprint density at radius 3 is 2.33 bits per heavy atom. The number of hydrogen-bond acceptors (Lipinski definition) is 5. The number of benzene rings is 1. The van der Waals surface area contributed by atoms with Gasteiger partial charge in [0.2, 0.25) is 5.69 Å². The number of halogens is 3. The number of hydrogen-bond donors (Lipinski definition) is 0. The Balaban J connectivity index is 1.31. The van der Waals surface area contributed by atoms with Crippen molar-refractivity contribution in [3.8, 4) is 0 Å². The lowest BCUT2D eigenvalue weighted by atomic mass is 9.84. The number of carbonyl (C=O) groups is 2. The first-order valence-electron chi connectivity index (χ1n) is 12.5. The minimum absolute atomic E-state index is 0.0656. The standard InChI is InChI=1S/C25H30F3N5O3/c26-25(27,28)19-5-4-18(21(16-19)30-10-1-2-11-30)17-32-12-3-7-24(32)8-14-31(15-9-24)23(36)33-13-6-20(29-33)22(34)35/h4-6,13,16H,1-3,7-12,14-15,17H2,(H,34,35)/p+1. The third-order valence-corrected chi connectivity index (χ3v) is 7.94. The zero-order valence-corrected chi connectivity index (χ0v) is 20.1. The van der Waals surface area contributed by atoms with E-state index < -0.39 is 17.7 Å². The normalized spacial score (nSPS) is 20.4. The lowest BCUT2D eigenvalue weighted by Gasteiger charge is -2.45. The fraction of sp³-hybridized carbons (Fsp3) is 0.560. The minimum Gasteiger partial charge on any atom is -0.560 e. The number of alkyl halides is 3. The third kappa shape index (κ3) is 4.68. The van der Waals surface area contributed by atoms with Crippen molar-refractivity contribution in [2.45, 2.75) is 56.8 Å². The number of anilines is 1. The van der Waals surface area contributed by atoms with Crippen molar-refractivity contribution in [3.63, 3.8) is 0 Å². The molecule has 3 aliphatic rings. The molecule has 0 atom stereocenters. The van der Waals surface area contributed by atoms with Gasteiger partial charge in [-0.3, -0.25) is 4.90 Å². The number of likely N-dealkylation sites (tertiary alicyclic amines) is 2. The van der Waals surface area contributed by atoms with Crippen LogP contribution in [0.25, 0.3) is 0 Å². The number of nitrogens with zero attached hydrogens (tertiary/aromatic N) is 5. The van der Waals surface area contributed by atoms with Crippen LogP contribution in [-0.2, 0) is 12.7 Å². The molecular formula is C25H31F3N5O3+. The number of rotatable bonds is 4. The average Bonchev–Trinajstić information content (AvgIpc) is 3.61. The Morgan fingerprint density at radius 1 is 0.972 bits per heavy atom. The molecule has 3 aliphatic heterocycles. The van der Waals surface area contributed by atoms with Gasteiger partial charge in [0.05, 0.1) is 5.56 Å². The molecule has 194 valence electrons. The maximum atomic E-state index is 13.4. The lowest BCUT2D eigenvalue weighted by Crippen LogP contribution is -2.53. The van der Waals surface area contributed by atoms with Crippen LogP contribution in [0.1, 0.15) is 60.1 Å². The molecule has 1 amide bonds. The van der Waals surface area contributed by atoms with Gasteiger partial charge in [-0.05, 0) is 68.8 Å². The van der Waals surface area contributed by atoms with Gasteiger partial charge in [-0.15, -0.1) is 0 Å². The first-order valence-corrected chi connectivity index (χ1v) is 12.5. The monoisotopic (exact) mass is 506 g/mol. The van der Waals surface area contributed by atoms with Gasteiger partial charge < -0.3 is 14.9 Å². The summed E-state index contributed by atoms with van der Waals surface area (Å²) in [6.45, 7) is 4.08. The van der Waals surface area contributed by atoms with Crippen LogP contribution < -0.4 is 4.90 Å². The molecule has 1 aromatic carbocycles. The first-order chi connectivity index (χ1) is 17.2. The van der Waals surface area contributed by atoms with E-state index in [0.717, 1.165) is 68.4 Å². The largest absolute Gasteiger partial charge is 0.569 e. The van der Waals surface area contributed by atoms with Crippen molar-refractivity contribution < 1.29 is 27.9 Å². The third-order valence-electron chi connectivity index (χ3n) is 7.94. The Morgan fingerprint density at radius 2 is 1.69 bits per heavy atom. The van der Waals surface area contributed by atoms with E-state index in [9.17, 15) is 22.8 Å². The van der Waals surface area contributed by atoms with Gasteiger partial charge in [-0.1, -0.05) is 6.07 Å². The van der Waals surface area contributed by atoms with Crippen LogP contribution in [0.3, 0.4) is 0 Å². The summed E-state index contributed by atoms with van der Waals surface area (Å²) in [6.07, 6.45) is 2.55. The molecule has 3 fully saturated rings. The molecule has 0 bridgehead atoms. The van der Waals surface area contributed by atoms with Gasteiger partial charge in [0.15, 0.2) is 0 Å². The predicted octanol–water partition coefficient (Wildman–Crippen LogP) is 3.47. The summed E-state index contributed by atoms with van der Waals surface area (Å²) in [6, 6.07) is 5.19. The second-order valence-electron chi connectivity index (χ2n) is 10.0. The van der Waals surface area contributed by atoms with E-state index >= 15 is 0 Å². The molecule has 36 heavy (non-hydrogen) atoms. The van der Waals surface area contributed by atoms with Gasteiger partial charge in [0, 0.05) is 54.9 Å². The molecule has 0 unspecified atom stereocenters. The minimum atomic E-state index is -4.37. The molecule has 4 heterocycles. The van der Waals surface area contributed by atoms with Gasteiger partial charge in [0.25, 0.3) is 0 Å². The van der Waals surface area contributed by atoms with Crippen molar-refractivity contribution in [3.05, 3.63) is 47.3 Å². The number of aromatic nitrogens is 2. The van der Waals surface area contributed by atoms with Crippen molar-refractivity contribution in [2.75, 3.05) is 37.6 Å². The van der Waals surface area contributed by atoms with Gasteiger partial charge in [-0.25, -0.2) is 4.79 Å². The summed E-state index contributed by atoms with van der Waals surface area (Å²) >= 11 is 0. The molecule has 0 saturated carbocycles. The molecule has 2 N–H and O–H groups in total. The second-order valence-corrected chi connectivity index (χ2v) is 10.0. The molecule has 0 radical (unpaired) electrons. The van der Waals surface area contributed by atoms with Crippen LogP contribution >= 0.6 is 0 Å². The van der Waals surface area contributed by atoms with Crippen molar-refractivity contribution in [1.29, 1.82) is 0 Å². The van der Waals surface area contributed by atoms with Crippen molar-refractivity contribution >= 4 is 17.7 Å². The summed E-state index contributed by atoms with van der Waals surface area (Å²) in [5.41, 5.74) is 0.854. The zero-order chi connectivity index (χ0) is 25.5. The van der Waals surface area contributed by atoms with E-state index in [1.54, 1.807) is 11.0 Å². The van der Waals surface area contributed by atoms with Crippen molar-refractivity contribution in [2.24, 2.45) is 0 Å². The summed E-state index contributed by atoms with van der Waals surface area (Å²) in [5.74, 6) is -0.933. The first kappa shape index (κ1) is 24.6. The summed E-state index contributed by atoms with van der Waals surface area (Å²) < 4.78 is 41.5. The Kier molecular flexibility index (Phi) is 6.44. The molecule has 8 nitrogen and oxygen atoms in total. The highest BCUT2D eigenvalue weighted by molar-refractivity contribution is 5.86. The SMILES string of the molecule is O=C([OH2+])c1ccn(C(=O)N2CCC3(CCCN3Cc3ccc(C(F)(F)F)cc3N3CCCC3)CC2)n1. The van der Waals surface area contributed by atoms with Gasteiger partial charge >= 0.3 is 18.2 Å². The summed E-state index contributed by atoms with van der Waals surface area (Å²) in [5, 5.41) is 11.1. The fourth-order valence-corrected chi connectivity index (χ4v) is 5.95. The number of carbonyl (C=O) groups excluding carboxylic acids is 2. The fourth-order valence-electron chi connectivity index (χ4n) is 5.95.